The molecule has 3 rings (SSSR count). The molecule has 1 unspecified atom stereocenters. The van der Waals surface area contributed by atoms with Crippen LogP contribution in [0.2, 0.25) is 0 Å². The molecular formula is C16H21N3O2S. The summed E-state index contributed by atoms with van der Waals surface area (Å²) in [7, 11) is 2.14. The van der Waals surface area contributed by atoms with Crippen molar-refractivity contribution in [1.82, 2.24) is 14.8 Å². The van der Waals surface area contributed by atoms with E-state index in [1.54, 1.807) is 23.7 Å². The molecule has 0 bridgehead atoms. The van der Waals surface area contributed by atoms with Gasteiger partial charge in [0.2, 0.25) is 0 Å². The molecule has 1 fully saturated rings. The third-order valence-electron chi connectivity index (χ3n) is 4.17. The van der Waals surface area contributed by atoms with E-state index in [-0.39, 0.29) is 5.91 Å². The second kappa shape index (κ2) is 6.62. The Morgan fingerprint density at radius 3 is 3.14 bits per heavy atom. The topological polar surface area (TPSA) is 49.6 Å². The van der Waals surface area contributed by atoms with Gasteiger partial charge in [0.15, 0.2) is 0 Å². The number of carbonyl (C=O) groups is 1. The highest BCUT2D eigenvalue weighted by atomic mass is 32.1. The monoisotopic (exact) mass is 319 g/mol. The second-order valence-corrected chi connectivity index (χ2v) is 6.91. The number of aryl methyl sites for hydroxylation is 1. The van der Waals surface area contributed by atoms with Crippen molar-refractivity contribution in [3.63, 3.8) is 0 Å². The highest BCUT2D eigenvalue weighted by Gasteiger charge is 2.28. The fraction of sp³-hybridized carbons (Fsp3) is 0.500. The van der Waals surface area contributed by atoms with Gasteiger partial charge in [-0.3, -0.25) is 4.79 Å². The van der Waals surface area contributed by atoms with Gasteiger partial charge in [-0.15, -0.1) is 11.3 Å². The average Bonchev–Trinajstić information content (AvgIpc) is 3.21. The molecule has 0 aromatic carbocycles. The molecule has 2 aromatic heterocycles. The zero-order chi connectivity index (χ0) is 15.5. The van der Waals surface area contributed by atoms with Crippen LogP contribution in [-0.4, -0.2) is 47.4 Å². The van der Waals surface area contributed by atoms with Crippen molar-refractivity contribution in [2.24, 2.45) is 5.92 Å². The molecule has 1 amide bonds. The van der Waals surface area contributed by atoms with Gasteiger partial charge in [0.05, 0.1) is 23.0 Å². The van der Waals surface area contributed by atoms with Gasteiger partial charge in [0.25, 0.3) is 5.91 Å². The lowest BCUT2D eigenvalue weighted by molar-refractivity contribution is 0.0783. The van der Waals surface area contributed by atoms with Gasteiger partial charge < -0.3 is 14.2 Å². The van der Waals surface area contributed by atoms with Gasteiger partial charge in [0.1, 0.15) is 6.26 Å². The first kappa shape index (κ1) is 15.2. The molecule has 0 N–H and O–H groups in total. The summed E-state index contributed by atoms with van der Waals surface area (Å²) >= 11 is 1.71. The SMILES string of the molecule is Cc1ncsc1CN(C)CC1CCN(C(=O)c2ccoc2)C1. The molecule has 1 atom stereocenters. The lowest BCUT2D eigenvalue weighted by Crippen LogP contribution is -2.31. The number of hydrogen-bond acceptors (Lipinski definition) is 5. The van der Waals surface area contributed by atoms with E-state index >= 15 is 0 Å². The number of amides is 1. The number of furan rings is 1. The number of thiazole rings is 1. The summed E-state index contributed by atoms with van der Waals surface area (Å²) in [6, 6.07) is 1.73. The van der Waals surface area contributed by atoms with E-state index < -0.39 is 0 Å². The maximum Gasteiger partial charge on any atom is 0.257 e. The van der Waals surface area contributed by atoms with Crippen LogP contribution < -0.4 is 0 Å². The normalized spacial score (nSPS) is 18.3. The molecule has 1 saturated heterocycles. The zero-order valence-corrected chi connectivity index (χ0v) is 13.8. The Morgan fingerprint density at radius 1 is 1.59 bits per heavy atom. The molecule has 1 aliphatic heterocycles. The average molecular weight is 319 g/mol. The van der Waals surface area contributed by atoms with Gasteiger partial charge in [-0.05, 0) is 32.4 Å². The van der Waals surface area contributed by atoms with Gasteiger partial charge in [-0.1, -0.05) is 0 Å². The zero-order valence-electron chi connectivity index (χ0n) is 13.0. The van der Waals surface area contributed by atoms with Crippen LogP contribution in [-0.2, 0) is 6.54 Å². The van der Waals surface area contributed by atoms with Crippen molar-refractivity contribution in [3.8, 4) is 0 Å². The lowest BCUT2D eigenvalue weighted by atomic mass is 10.1. The van der Waals surface area contributed by atoms with Gasteiger partial charge in [0, 0.05) is 31.1 Å². The lowest BCUT2D eigenvalue weighted by Gasteiger charge is -2.21. The Kier molecular flexibility index (Phi) is 4.59. The third kappa shape index (κ3) is 3.39. The minimum atomic E-state index is 0.0807. The number of rotatable bonds is 5. The smallest absolute Gasteiger partial charge is 0.257 e. The van der Waals surface area contributed by atoms with Crippen molar-refractivity contribution in [2.75, 3.05) is 26.7 Å². The van der Waals surface area contributed by atoms with Crippen molar-refractivity contribution in [3.05, 3.63) is 40.2 Å². The first-order valence-electron chi connectivity index (χ1n) is 7.52. The Labute approximate surface area is 134 Å². The number of carbonyl (C=O) groups excluding carboxylic acids is 1. The van der Waals surface area contributed by atoms with Crippen LogP contribution in [0.25, 0.3) is 0 Å². The summed E-state index contributed by atoms with van der Waals surface area (Å²) in [5, 5.41) is 0. The Hall–Kier alpha value is -1.66. The summed E-state index contributed by atoms with van der Waals surface area (Å²) in [6.45, 7) is 5.66. The van der Waals surface area contributed by atoms with Crippen molar-refractivity contribution in [2.45, 2.75) is 19.9 Å². The fourth-order valence-electron chi connectivity index (χ4n) is 2.96. The van der Waals surface area contributed by atoms with Crippen LogP contribution in [0, 0.1) is 12.8 Å². The standard InChI is InChI=1S/C16H21N3O2S/c1-12-15(22-11-17-12)9-18(2)7-13-3-5-19(8-13)16(20)14-4-6-21-10-14/h4,6,10-11,13H,3,5,7-9H2,1-2H3. The first-order chi connectivity index (χ1) is 10.6. The molecule has 5 nitrogen and oxygen atoms in total. The van der Waals surface area contributed by atoms with Crippen molar-refractivity contribution < 1.29 is 9.21 Å². The molecule has 22 heavy (non-hydrogen) atoms. The summed E-state index contributed by atoms with van der Waals surface area (Å²) in [4.78, 5) is 22.2. The van der Waals surface area contributed by atoms with E-state index in [4.69, 9.17) is 4.42 Å². The first-order valence-corrected chi connectivity index (χ1v) is 8.40. The minimum Gasteiger partial charge on any atom is -0.472 e. The summed E-state index contributed by atoms with van der Waals surface area (Å²) in [5.74, 6) is 0.617. The van der Waals surface area contributed by atoms with E-state index in [1.807, 2.05) is 10.4 Å². The quantitative estimate of drug-likeness (QED) is 0.850. The van der Waals surface area contributed by atoms with E-state index in [9.17, 15) is 4.79 Å². The van der Waals surface area contributed by atoms with E-state index in [1.165, 1.54) is 11.1 Å². The Bertz CT molecular complexity index is 623. The predicted molar refractivity (Wildman–Crippen MR) is 85.9 cm³/mol. The van der Waals surface area contributed by atoms with E-state index in [0.717, 1.165) is 38.3 Å². The maximum absolute atomic E-state index is 12.3. The number of aromatic nitrogens is 1. The highest BCUT2D eigenvalue weighted by molar-refractivity contribution is 7.09. The van der Waals surface area contributed by atoms with Crippen molar-refractivity contribution >= 4 is 17.2 Å². The summed E-state index contributed by atoms with van der Waals surface area (Å²) in [5.41, 5.74) is 3.67. The molecule has 0 radical (unpaired) electrons. The summed E-state index contributed by atoms with van der Waals surface area (Å²) < 4.78 is 5.00. The van der Waals surface area contributed by atoms with Crippen LogP contribution in [0.5, 0.6) is 0 Å². The van der Waals surface area contributed by atoms with E-state index in [2.05, 4.69) is 23.9 Å². The molecule has 3 heterocycles. The minimum absolute atomic E-state index is 0.0807. The highest BCUT2D eigenvalue weighted by Crippen LogP contribution is 2.21. The number of likely N-dealkylation sites (tertiary alicyclic amines) is 1. The number of hydrogen-bond donors (Lipinski definition) is 0. The molecule has 0 aliphatic carbocycles. The van der Waals surface area contributed by atoms with Crippen LogP contribution in [0.15, 0.2) is 28.5 Å². The molecule has 2 aromatic rings. The molecule has 6 heteroatoms. The van der Waals surface area contributed by atoms with E-state index in [0.29, 0.717) is 11.5 Å². The van der Waals surface area contributed by atoms with Gasteiger partial charge in [-0.2, -0.15) is 0 Å². The molecular weight excluding hydrogens is 298 g/mol. The van der Waals surface area contributed by atoms with Crippen LogP contribution in [0.3, 0.4) is 0 Å². The molecule has 118 valence electrons. The second-order valence-electron chi connectivity index (χ2n) is 5.98. The van der Waals surface area contributed by atoms with Crippen molar-refractivity contribution in [1.29, 1.82) is 0 Å². The van der Waals surface area contributed by atoms with Crippen LogP contribution in [0.4, 0.5) is 0 Å². The Balaban J connectivity index is 1.50. The molecule has 0 saturated carbocycles. The Morgan fingerprint density at radius 2 is 2.45 bits per heavy atom. The van der Waals surface area contributed by atoms with Crippen LogP contribution in [0.1, 0.15) is 27.3 Å². The third-order valence-corrected chi connectivity index (χ3v) is 5.09. The molecule has 0 spiro atoms. The van der Waals surface area contributed by atoms with Crippen LogP contribution >= 0.6 is 11.3 Å². The summed E-state index contributed by atoms with van der Waals surface area (Å²) in [6.07, 6.45) is 4.13. The predicted octanol–water partition coefficient (Wildman–Crippen LogP) is 2.64. The molecule has 1 aliphatic rings. The fourth-order valence-corrected chi connectivity index (χ4v) is 3.82. The van der Waals surface area contributed by atoms with Gasteiger partial charge >= 0.3 is 0 Å². The maximum atomic E-state index is 12.3. The number of nitrogens with zero attached hydrogens (tertiary/aromatic N) is 3. The van der Waals surface area contributed by atoms with Gasteiger partial charge in [-0.25, -0.2) is 4.98 Å². The largest absolute Gasteiger partial charge is 0.472 e.